The number of ketones is 1. The van der Waals surface area contributed by atoms with Gasteiger partial charge in [-0.25, -0.2) is 0 Å². The lowest BCUT2D eigenvalue weighted by Crippen LogP contribution is -1.84. The minimum absolute atomic E-state index is 0.289. The van der Waals surface area contributed by atoms with Gasteiger partial charge in [0.25, 0.3) is 0 Å². The van der Waals surface area contributed by atoms with Gasteiger partial charge in [0.05, 0.1) is 0 Å². The molecule has 0 unspecified atom stereocenters. The van der Waals surface area contributed by atoms with E-state index < -0.39 is 0 Å². The average molecular weight is 199 g/mol. The van der Waals surface area contributed by atoms with E-state index in [2.05, 4.69) is 0 Å². The maximum Gasteiger partial charge on any atom is 0.129 e. The Labute approximate surface area is 84.7 Å². The van der Waals surface area contributed by atoms with Crippen LogP contribution in [0.3, 0.4) is 0 Å². The van der Waals surface area contributed by atoms with Crippen LogP contribution in [0.2, 0.25) is 5.02 Å². The topological polar surface area (TPSA) is 17.1 Å². The van der Waals surface area contributed by atoms with Crippen molar-refractivity contribution in [1.29, 1.82) is 0 Å². The normalized spacial score (nSPS) is 8.54. The van der Waals surface area contributed by atoms with Gasteiger partial charge in [-0.3, -0.25) is 0 Å². The average Bonchev–Trinajstić information content (AvgIpc) is 2.06. The summed E-state index contributed by atoms with van der Waals surface area (Å²) in [5, 5.41) is 0.794. The molecule has 0 aliphatic rings. The number of hydrogen-bond acceptors (Lipinski definition) is 1. The van der Waals surface area contributed by atoms with Crippen molar-refractivity contribution >= 4 is 17.4 Å². The monoisotopic (exact) mass is 198 g/mol. The highest BCUT2D eigenvalue weighted by atomic mass is 35.5. The van der Waals surface area contributed by atoms with E-state index in [1.54, 1.807) is 6.92 Å². The molecule has 0 saturated heterocycles. The number of benzene rings is 1. The van der Waals surface area contributed by atoms with Gasteiger partial charge in [-0.2, -0.15) is 0 Å². The summed E-state index contributed by atoms with van der Waals surface area (Å²) < 4.78 is 0. The molecule has 0 aromatic heterocycles. The molecular weight excluding hydrogens is 184 g/mol. The third-order valence-corrected chi connectivity index (χ3v) is 1.59. The number of hydrogen-bond donors (Lipinski definition) is 0. The molecule has 0 amide bonds. The Kier molecular flexibility index (Phi) is 7.32. The molecular formula is C11H15ClO. The molecule has 72 valence electrons. The summed E-state index contributed by atoms with van der Waals surface area (Å²) >= 11 is 5.54. The van der Waals surface area contributed by atoms with Crippen LogP contribution in [-0.2, 0) is 4.79 Å². The van der Waals surface area contributed by atoms with Gasteiger partial charge in [0.1, 0.15) is 5.78 Å². The van der Waals surface area contributed by atoms with E-state index in [0.717, 1.165) is 17.9 Å². The van der Waals surface area contributed by atoms with Crippen LogP contribution in [0, 0.1) is 0 Å². The van der Waals surface area contributed by atoms with Crippen LogP contribution in [0.4, 0.5) is 0 Å². The van der Waals surface area contributed by atoms with Crippen LogP contribution in [0.25, 0.3) is 0 Å². The van der Waals surface area contributed by atoms with Crippen LogP contribution >= 0.6 is 11.6 Å². The molecule has 0 bridgehead atoms. The molecule has 13 heavy (non-hydrogen) atoms. The molecule has 0 radical (unpaired) electrons. The molecule has 0 aliphatic heterocycles. The summed E-state index contributed by atoms with van der Waals surface area (Å²) in [5.41, 5.74) is 0. The number of carbonyl (C=O) groups excluding carboxylic acids is 1. The summed E-state index contributed by atoms with van der Waals surface area (Å²) in [5.74, 6) is 0.289. The first kappa shape index (κ1) is 12.2. The lowest BCUT2D eigenvalue weighted by molar-refractivity contribution is -0.117. The van der Waals surface area contributed by atoms with E-state index in [1.807, 2.05) is 37.3 Å². The second-order valence-electron chi connectivity index (χ2n) is 2.75. The van der Waals surface area contributed by atoms with Gasteiger partial charge >= 0.3 is 0 Å². The van der Waals surface area contributed by atoms with Crippen molar-refractivity contribution < 1.29 is 4.79 Å². The minimum Gasteiger partial charge on any atom is -0.300 e. The Bertz CT molecular complexity index is 231. The van der Waals surface area contributed by atoms with Crippen LogP contribution in [-0.4, -0.2) is 5.78 Å². The van der Waals surface area contributed by atoms with E-state index in [4.69, 9.17) is 11.6 Å². The highest BCUT2D eigenvalue weighted by molar-refractivity contribution is 6.30. The fourth-order valence-electron chi connectivity index (χ4n) is 0.767. The highest BCUT2D eigenvalue weighted by Crippen LogP contribution is 2.03. The van der Waals surface area contributed by atoms with Crippen LogP contribution in [0.1, 0.15) is 26.7 Å². The summed E-state index contributed by atoms with van der Waals surface area (Å²) in [6.45, 7) is 3.62. The van der Waals surface area contributed by atoms with Crippen LogP contribution < -0.4 is 0 Å². The fourth-order valence-corrected chi connectivity index (χ4v) is 0.912. The van der Waals surface area contributed by atoms with Crippen molar-refractivity contribution in [2.75, 3.05) is 0 Å². The Morgan fingerprint density at radius 1 is 1.31 bits per heavy atom. The lowest BCUT2D eigenvalue weighted by Gasteiger charge is -1.80. The molecule has 0 aliphatic carbocycles. The molecule has 0 fully saturated rings. The number of halogens is 1. The van der Waals surface area contributed by atoms with Crippen molar-refractivity contribution in [3.8, 4) is 0 Å². The van der Waals surface area contributed by atoms with E-state index in [9.17, 15) is 4.79 Å². The van der Waals surface area contributed by atoms with Gasteiger partial charge in [0.2, 0.25) is 0 Å². The first-order valence-electron chi connectivity index (χ1n) is 4.36. The highest BCUT2D eigenvalue weighted by Gasteiger charge is 1.83. The maximum absolute atomic E-state index is 10.0. The third-order valence-electron chi connectivity index (χ3n) is 1.34. The number of carbonyl (C=O) groups is 1. The SMILES string of the molecule is CCCC(C)=O.Clc1ccccc1. The zero-order valence-corrected chi connectivity index (χ0v) is 8.84. The van der Waals surface area contributed by atoms with E-state index >= 15 is 0 Å². The molecule has 1 aromatic rings. The van der Waals surface area contributed by atoms with Gasteiger partial charge in [0, 0.05) is 11.4 Å². The largest absolute Gasteiger partial charge is 0.300 e. The van der Waals surface area contributed by atoms with E-state index in [1.165, 1.54) is 0 Å². The summed E-state index contributed by atoms with van der Waals surface area (Å²) in [6, 6.07) is 9.44. The second kappa shape index (κ2) is 7.81. The molecule has 0 saturated carbocycles. The van der Waals surface area contributed by atoms with Gasteiger partial charge in [0.15, 0.2) is 0 Å². The predicted molar refractivity (Wildman–Crippen MR) is 57.0 cm³/mol. The summed E-state index contributed by atoms with van der Waals surface area (Å²) in [6.07, 6.45) is 1.72. The molecule has 2 heteroatoms. The van der Waals surface area contributed by atoms with Crippen LogP contribution in [0.15, 0.2) is 30.3 Å². The fraction of sp³-hybridized carbons (Fsp3) is 0.364. The molecule has 0 atom stereocenters. The minimum atomic E-state index is 0.289. The number of rotatable bonds is 2. The number of Topliss-reactive ketones (excluding diaryl/α,β-unsaturated/α-hetero) is 1. The van der Waals surface area contributed by atoms with Gasteiger partial charge in [-0.1, -0.05) is 36.7 Å². The predicted octanol–water partition coefficient (Wildman–Crippen LogP) is 3.72. The third kappa shape index (κ3) is 9.09. The zero-order chi connectivity index (χ0) is 10.1. The molecule has 1 nitrogen and oxygen atoms in total. The first-order chi connectivity index (χ1) is 6.16. The van der Waals surface area contributed by atoms with Crippen molar-refractivity contribution in [1.82, 2.24) is 0 Å². The van der Waals surface area contributed by atoms with Gasteiger partial charge < -0.3 is 4.79 Å². The molecule has 0 spiro atoms. The molecule has 0 heterocycles. The standard InChI is InChI=1S/C6H5Cl.C5H10O/c7-6-4-2-1-3-5-6;1-3-4-5(2)6/h1-5H;3-4H2,1-2H3. The smallest absolute Gasteiger partial charge is 0.129 e. The Hall–Kier alpha value is -0.820. The Morgan fingerprint density at radius 2 is 1.85 bits per heavy atom. The van der Waals surface area contributed by atoms with Gasteiger partial charge in [-0.15, -0.1) is 0 Å². The van der Waals surface area contributed by atoms with Crippen molar-refractivity contribution in [3.63, 3.8) is 0 Å². The van der Waals surface area contributed by atoms with Crippen molar-refractivity contribution in [2.45, 2.75) is 26.7 Å². The quantitative estimate of drug-likeness (QED) is 0.708. The zero-order valence-electron chi connectivity index (χ0n) is 8.09. The first-order valence-corrected chi connectivity index (χ1v) is 4.74. The molecule has 1 rings (SSSR count). The maximum atomic E-state index is 10.0. The molecule has 0 N–H and O–H groups in total. The Morgan fingerprint density at radius 3 is 2.00 bits per heavy atom. The summed E-state index contributed by atoms with van der Waals surface area (Å²) in [7, 11) is 0. The van der Waals surface area contributed by atoms with Crippen molar-refractivity contribution in [3.05, 3.63) is 35.4 Å². The van der Waals surface area contributed by atoms with E-state index in [-0.39, 0.29) is 5.78 Å². The Balaban J connectivity index is 0.000000226. The molecule has 1 aromatic carbocycles. The van der Waals surface area contributed by atoms with Crippen LogP contribution in [0.5, 0.6) is 0 Å². The van der Waals surface area contributed by atoms with E-state index in [0.29, 0.717) is 0 Å². The lowest BCUT2D eigenvalue weighted by atomic mass is 10.3. The van der Waals surface area contributed by atoms with Crippen molar-refractivity contribution in [2.24, 2.45) is 0 Å². The summed E-state index contributed by atoms with van der Waals surface area (Å²) in [4.78, 5) is 10.0. The van der Waals surface area contributed by atoms with Gasteiger partial charge in [-0.05, 0) is 25.5 Å². The second-order valence-corrected chi connectivity index (χ2v) is 3.18.